The minimum atomic E-state index is 0.236. The van der Waals surface area contributed by atoms with E-state index in [2.05, 4.69) is 38.0 Å². The summed E-state index contributed by atoms with van der Waals surface area (Å²) in [6.07, 6.45) is 6.36. The summed E-state index contributed by atoms with van der Waals surface area (Å²) in [6, 6.07) is 0.681. The lowest BCUT2D eigenvalue weighted by atomic mass is 9.77. The van der Waals surface area contributed by atoms with Crippen LogP contribution in [0.1, 0.15) is 46.0 Å². The molecule has 1 N–H and O–H groups in total. The zero-order valence-corrected chi connectivity index (χ0v) is 13.0. The molecule has 2 nitrogen and oxygen atoms in total. The lowest BCUT2D eigenvalue weighted by Gasteiger charge is -2.45. The van der Waals surface area contributed by atoms with E-state index >= 15 is 0 Å². The van der Waals surface area contributed by atoms with Crippen molar-refractivity contribution >= 4 is 11.8 Å². The third-order valence-electron chi connectivity index (χ3n) is 4.60. The number of hydrogen-bond donors (Lipinski definition) is 1. The molecule has 0 aliphatic carbocycles. The fourth-order valence-electron chi connectivity index (χ4n) is 3.55. The standard InChI is InChI=1S/C15H29NOS/c1-12(2)10-14(16-3)13-4-7-17-15(11-13)5-8-18-9-6-15/h12-14,16H,4-11H2,1-3H3. The molecule has 0 bridgehead atoms. The van der Waals surface area contributed by atoms with E-state index in [9.17, 15) is 0 Å². The van der Waals surface area contributed by atoms with Gasteiger partial charge in [-0.1, -0.05) is 13.8 Å². The van der Waals surface area contributed by atoms with E-state index in [1.54, 1.807) is 0 Å². The smallest absolute Gasteiger partial charge is 0.0701 e. The second-order valence-corrected chi connectivity index (χ2v) is 7.65. The summed E-state index contributed by atoms with van der Waals surface area (Å²) in [4.78, 5) is 0. The van der Waals surface area contributed by atoms with Crippen LogP contribution < -0.4 is 5.32 Å². The molecule has 2 fully saturated rings. The van der Waals surface area contributed by atoms with Crippen LogP contribution >= 0.6 is 11.8 Å². The molecule has 2 rings (SSSR count). The van der Waals surface area contributed by atoms with Gasteiger partial charge in [-0.15, -0.1) is 0 Å². The Bertz CT molecular complexity index is 245. The maximum absolute atomic E-state index is 6.20. The molecule has 106 valence electrons. The first kappa shape index (κ1) is 14.7. The van der Waals surface area contributed by atoms with Crippen LogP contribution in [-0.2, 0) is 4.74 Å². The maximum atomic E-state index is 6.20. The summed E-state index contributed by atoms with van der Waals surface area (Å²) >= 11 is 2.09. The molecule has 0 aromatic carbocycles. The van der Waals surface area contributed by atoms with Crippen LogP contribution in [-0.4, -0.2) is 36.8 Å². The number of rotatable bonds is 4. The Kier molecular flexibility index (Phi) is 5.40. The quantitative estimate of drug-likeness (QED) is 0.847. The maximum Gasteiger partial charge on any atom is 0.0701 e. The Labute approximate surface area is 117 Å². The number of thioether (sulfide) groups is 1. The van der Waals surface area contributed by atoms with Gasteiger partial charge < -0.3 is 10.1 Å². The van der Waals surface area contributed by atoms with Crippen molar-refractivity contribution in [3.63, 3.8) is 0 Å². The van der Waals surface area contributed by atoms with Gasteiger partial charge >= 0.3 is 0 Å². The first-order chi connectivity index (χ1) is 8.65. The van der Waals surface area contributed by atoms with Gasteiger partial charge in [0.25, 0.3) is 0 Å². The number of nitrogens with one attached hydrogen (secondary N) is 1. The second-order valence-electron chi connectivity index (χ2n) is 6.42. The van der Waals surface area contributed by atoms with Crippen molar-refractivity contribution in [3.8, 4) is 0 Å². The molecule has 0 aromatic heterocycles. The van der Waals surface area contributed by atoms with E-state index in [0.29, 0.717) is 6.04 Å². The SMILES string of the molecule is CNC(CC(C)C)C1CCOC2(CCSCC2)C1. The minimum absolute atomic E-state index is 0.236. The summed E-state index contributed by atoms with van der Waals surface area (Å²) in [7, 11) is 2.13. The third-order valence-corrected chi connectivity index (χ3v) is 5.59. The Morgan fingerprint density at radius 1 is 1.33 bits per heavy atom. The summed E-state index contributed by atoms with van der Waals surface area (Å²) < 4.78 is 6.20. The van der Waals surface area contributed by atoms with Crippen molar-refractivity contribution in [2.24, 2.45) is 11.8 Å². The highest BCUT2D eigenvalue weighted by molar-refractivity contribution is 7.99. The predicted molar refractivity (Wildman–Crippen MR) is 80.3 cm³/mol. The van der Waals surface area contributed by atoms with Crippen molar-refractivity contribution in [3.05, 3.63) is 0 Å². The van der Waals surface area contributed by atoms with Crippen LogP contribution in [0.3, 0.4) is 0 Å². The van der Waals surface area contributed by atoms with Gasteiger partial charge in [0.1, 0.15) is 0 Å². The molecule has 3 heteroatoms. The molecule has 2 aliphatic rings. The van der Waals surface area contributed by atoms with Crippen LogP contribution in [0, 0.1) is 11.8 Å². The Balaban J connectivity index is 1.96. The van der Waals surface area contributed by atoms with Gasteiger partial charge in [-0.2, -0.15) is 11.8 Å². The fraction of sp³-hybridized carbons (Fsp3) is 1.00. The molecule has 2 unspecified atom stereocenters. The van der Waals surface area contributed by atoms with Crippen molar-refractivity contribution in [1.29, 1.82) is 0 Å². The van der Waals surface area contributed by atoms with Gasteiger partial charge in [-0.05, 0) is 62.5 Å². The highest BCUT2D eigenvalue weighted by Crippen LogP contribution is 2.41. The largest absolute Gasteiger partial charge is 0.375 e. The molecule has 0 saturated carbocycles. The zero-order valence-electron chi connectivity index (χ0n) is 12.2. The molecule has 0 amide bonds. The normalized spacial score (nSPS) is 29.7. The van der Waals surface area contributed by atoms with Gasteiger partial charge in [0.05, 0.1) is 5.60 Å². The number of ether oxygens (including phenoxy) is 1. The molecule has 2 aliphatic heterocycles. The van der Waals surface area contributed by atoms with Gasteiger partial charge in [0.2, 0.25) is 0 Å². The number of hydrogen-bond acceptors (Lipinski definition) is 3. The van der Waals surface area contributed by atoms with Crippen molar-refractivity contribution in [1.82, 2.24) is 5.32 Å². The molecule has 2 atom stereocenters. The monoisotopic (exact) mass is 271 g/mol. The van der Waals surface area contributed by atoms with Crippen molar-refractivity contribution < 1.29 is 4.74 Å². The Morgan fingerprint density at radius 2 is 2.06 bits per heavy atom. The van der Waals surface area contributed by atoms with Crippen LogP contribution in [0.25, 0.3) is 0 Å². The van der Waals surface area contributed by atoms with E-state index in [1.807, 2.05) is 0 Å². The molecule has 2 heterocycles. The minimum Gasteiger partial charge on any atom is -0.375 e. The van der Waals surface area contributed by atoms with E-state index in [-0.39, 0.29) is 5.60 Å². The van der Waals surface area contributed by atoms with Crippen LogP contribution in [0.4, 0.5) is 0 Å². The van der Waals surface area contributed by atoms with E-state index in [1.165, 1.54) is 43.6 Å². The highest BCUT2D eigenvalue weighted by atomic mass is 32.2. The Hall–Kier alpha value is 0.270. The van der Waals surface area contributed by atoms with Crippen LogP contribution in [0.2, 0.25) is 0 Å². The van der Waals surface area contributed by atoms with Gasteiger partial charge in [-0.25, -0.2) is 0 Å². The average Bonchev–Trinajstić information content (AvgIpc) is 2.36. The topological polar surface area (TPSA) is 21.3 Å². The van der Waals surface area contributed by atoms with Crippen molar-refractivity contribution in [2.45, 2.75) is 57.6 Å². The third kappa shape index (κ3) is 3.64. The van der Waals surface area contributed by atoms with Gasteiger partial charge in [0.15, 0.2) is 0 Å². The molecular formula is C15H29NOS. The van der Waals surface area contributed by atoms with E-state index in [4.69, 9.17) is 4.74 Å². The summed E-state index contributed by atoms with van der Waals surface area (Å²) in [6.45, 7) is 5.64. The summed E-state index contributed by atoms with van der Waals surface area (Å²) in [5.74, 6) is 4.18. The molecule has 0 radical (unpaired) electrons. The van der Waals surface area contributed by atoms with E-state index < -0.39 is 0 Å². The lowest BCUT2D eigenvalue weighted by Crippen LogP contribution is -2.48. The summed E-state index contributed by atoms with van der Waals surface area (Å²) in [5.41, 5.74) is 0.236. The Morgan fingerprint density at radius 3 is 2.67 bits per heavy atom. The van der Waals surface area contributed by atoms with E-state index in [0.717, 1.165) is 18.4 Å². The first-order valence-corrected chi connectivity index (χ1v) is 8.70. The summed E-state index contributed by atoms with van der Waals surface area (Å²) in [5, 5.41) is 3.56. The lowest BCUT2D eigenvalue weighted by molar-refractivity contribution is -0.107. The molecule has 2 saturated heterocycles. The molecule has 1 spiro atoms. The van der Waals surface area contributed by atoms with Gasteiger partial charge in [0, 0.05) is 12.6 Å². The average molecular weight is 271 g/mol. The molecule has 0 aromatic rings. The first-order valence-electron chi connectivity index (χ1n) is 7.54. The predicted octanol–water partition coefficient (Wildman–Crippen LogP) is 3.31. The van der Waals surface area contributed by atoms with Gasteiger partial charge in [-0.3, -0.25) is 0 Å². The van der Waals surface area contributed by atoms with Crippen LogP contribution in [0.15, 0.2) is 0 Å². The fourth-order valence-corrected chi connectivity index (χ4v) is 4.79. The van der Waals surface area contributed by atoms with Crippen molar-refractivity contribution in [2.75, 3.05) is 25.2 Å². The molecular weight excluding hydrogens is 242 g/mol. The highest BCUT2D eigenvalue weighted by Gasteiger charge is 2.40. The second kappa shape index (κ2) is 6.62. The molecule has 18 heavy (non-hydrogen) atoms. The zero-order chi connectivity index (χ0) is 13.0. The van der Waals surface area contributed by atoms with Crippen LogP contribution in [0.5, 0.6) is 0 Å².